The Morgan fingerprint density at radius 1 is 0.552 bits per heavy atom. The summed E-state index contributed by atoms with van der Waals surface area (Å²) in [6, 6.07) is 42.3. The highest BCUT2D eigenvalue weighted by atomic mass is 32.2. The summed E-state index contributed by atoms with van der Waals surface area (Å²) in [5.41, 5.74) is 5.80. The molecule has 1 nitrogen and oxygen atoms in total. The topological polar surface area (TPSA) is 12.4 Å². The van der Waals surface area contributed by atoms with Gasteiger partial charge in [0.25, 0.3) is 0 Å². The van der Waals surface area contributed by atoms with Gasteiger partial charge in [0, 0.05) is 0 Å². The van der Waals surface area contributed by atoms with Gasteiger partial charge in [-0.25, -0.2) is 4.40 Å². The van der Waals surface area contributed by atoms with Crippen LogP contribution >= 0.6 is 11.9 Å². The molecule has 0 radical (unpaired) electrons. The van der Waals surface area contributed by atoms with Crippen LogP contribution < -0.4 is 0 Å². The average Bonchev–Trinajstić information content (AvgIpc) is 2.82. The van der Waals surface area contributed by atoms with E-state index >= 15 is 0 Å². The first-order valence-electron chi connectivity index (χ1n) is 9.75. The highest BCUT2D eigenvalue weighted by Gasteiger charge is 2.37. The molecule has 0 aliphatic heterocycles. The summed E-state index contributed by atoms with van der Waals surface area (Å²) < 4.78 is 4.60. The van der Waals surface area contributed by atoms with Crippen LogP contribution in [0, 0.1) is 0 Å². The standard InChI is InChI=1S/C27H23NS/c1-22(23-14-6-2-7-15-23)28-29-27(24-16-8-3-9-17-24,25-18-10-4-11-19-25)26-20-12-5-13-21-26/h2-21H,1H3. The van der Waals surface area contributed by atoms with Crippen LogP contribution in [0.25, 0.3) is 0 Å². The molecule has 0 amide bonds. The van der Waals surface area contributed by atoms with Gasteiger partial charge in [-0.05, 0) is 41.1 Å². The highest BCUT2D eigenvalue weighted by Crippen LogP contribution is 2.49. The van der Waals surface area contributed by atoms with E-state index in [-0.39, 0.29) is 0 Å². The molecule has 0 fully saturated rings. The molecule has 4 aromatic rings. The molecule has 0 aliphatic rings. The van der Waals surface area contributed by atoms with E-state index in [0.717, 1.165) is 11.3 Å². The minimum absolute atomic E-state index is 0.431. The predicted molar refractivity (Wildman–Crippen MR) is 125 cm³/mol. The third-order valence-electron chi connectivity index (χ3n) is 5.05. The lowest BCUT2D eigenvalue weighted by atomic mass is 9.84. The first-order chi connectivity index (χ1) is 14.3. The molecule has 29 heavy (non-hydrogen) atoms. The smallest absolute Gasteiger partial charge is 0.113 e. The van der Waals surface area contributed by atoms with Crippen LogP contribution in [0.4, 0.5) is 0 Å². The van der Waals surface area contributed by atoms with Crippen LogP contribution in [-0.2, 0) is 4.75 Å². The number of rotatable bonds is 6. The molecule has 0 aromatic heterocycles. The van der Waals surface area contributed by atoms with Gasteiger partial charge in [0.15, 0.2) is 0 Å². The zero-order valence-corrected chi connectivity index (χ0v) is 17.2. The molecule has 142 valence electrons. The lowest BCUT2D eigenvalue weighted by molar-refractivity contribution is 0.896. The molecule has 0 saturated heterocycles. The van der Waals surface area contributed by atoms with Crippen LogP contribution in [-0.4, -0.2) is 5.71 Å². The van der Waals surface area contributed by atoms with Gasteiger partial charge < -0.3 is 0 Å². The minimum atomic E-state index is -0.431. The van der Waals surface area contributed by atoms with E-state index in [0.29, 0.717) is 0 Å². The number of hydrogen-bond donors (Lipinski definition) is 0. The second-order valence-electron chi connectivity index (χ2n) is 6.91. The fourth-order valence-corrected chi connectivity index (χ4v) is 4.65. The molecule has 0 saturated carbocycles. The van der Waals surface area contributed by atoms with Crippen molar-refractivity contribution in [3.63, 3.8) is 0 Å². The van der Waals surface area contributed by atoms with Crippen molar-refractivity contribution in [3.8, 4) is 0 Å². The van der Waals surface area contributed by atoms with Gasteiger partial charge in [-0.15, -0.1) is 0 Å². The monoisotopic (exact) mass is 393 g/mol. The summed E-state index contributed by atoms with van der Waals surface area (Å²) in [5, 5.41) is 0. The number of benzene rings is 4. The molecule has 0 spiro atoms. The Morgan fingerprint density at radius 3 is 1.28 bits per heavy atom. The molecule has 0 N–H and O–H groups in total. The maximum Gasteiger partial charge on any atom is 0.113 e. The molecule has 2 heteroatoms. The van der Waals surface area contributed by atoms with Crippen molar-refractivity contribution in [2.45, 2.75) is 11.7 Å². The van der Waals surface area contributed by atoms with E-state index in [1.165, 1.54) is 16.7 Å². The van der Waals surface area contributed by atoms with Gasteiger partial charge in [0.05, 0.1) is 5.71 Å². The van der Waals surface area contributed by atoms with Crippen LogP contribution in [0.2, 0.25) is 0 Å². The molecule has 4 aromatic carbocycles. The molecule has 0 atom stereocenters. The fraction of sp³-hybridized carbons (Fsp3) is 0.0741. The Labute approximate surface area is 177 Å². The predicted octanol–water partition coefficient (Wildman–Crippen LogP) is 7.14. The Kier molecular flexibility index (Phi) is 5.92. The Morgan fingerprint density at radius 2 is 0.897 bits per heavy atom. The molecule has 0 aliphatic carbocycles. The highest BCUT2D eigenvalue weighted by molar-refractivity contribution is 7.99. The Balaban J connectivity index is 1.91. The number of hydrogen-bond acceptors (Lipinski definition) is 2. The molecule has 0 heterocycles. The van der Waals surface area contributed by atoms with E-state index in [2.05, 4.69) is 122 Å². The quantitative estimate of drug-likeness (QED) is 0.193. The molecule has 0 unspecified atom stereocenters. The van der Waals surface area contributed by atoms with Crippen LogP contribution in [0.15, 0.2) is 126 Å². The Hall–Kier alpha value is -3.10. The lowest BCUT2D eigenvalue weighted by Crippen LogP contribution is -2.25. The van der Waals surface area contributed by atoms with Crippen molar-refractivity contribution >= 4 is 17.7 Å². The van der Waals surface area contributed by atoms with Gasteiger partial charge in [0.2, 0.25) is 0 Å². The van der Waals surface area contributed by atoms with E-state index in [4.69, 9.17) is 4.40 Å². The van der Waals surface area contributed by atoms with Gasteiger partial charge >= 0.3 is 0 Å². The molecule has 4 rings (SSSR count). The van der Waals surface area contributed by atoms with Crippen LogP contribution in [0.1, 0.15) is 29.2 Å². The second-order valence-corrected chi connectivity index (χ2v) is 7.89. The zero-order chi connectivity index (χ0) is 19.9. The first-order valence-corrected chi connectivity index (χ1v) is 10.5. The minimum Gasteiger partial charge on any atom is -0.219 e. The fourth-order valence-electron chi connectivity index (χ4n) is 3.55. The van der Waals surface area contributed by atoms with Crippen molar-refractivity contribution in [1.29, 1.82) is 0 Å². The second kappa shape index (κ2) is 8.93. The van der Waals surface area contributed by atoms with Crippen molar-refractivity contribution in [2.24, 2.45) is 4.40 Å². The summed E-state index contributed by atoms with van der Waals surface area (Å²) in [6.45, 7) is 2.08. The molecular formula is C27H23NS. The van der Waals surface area contributed by atoms with Gasteiger partial charge in [0.1, 0.15) is 4.75 Å². The average molecular weight is 394 g/mol. The lowest BCUT2D eigenvalue weighted by Gasteiger charge is -2.33. The summed E-state index contributed by atoms with van der Waals surface area (Å²) in [4.78, 5) is 0. The van der Waals surface area contributed by atoms with E-state index < -0.39 is 4.75 Å². The van der Waals surface area contributed by atoms with Gasteiger partial charge in [-0.3, -0.25) is 0 Å². The zero-order valence-electron chi connectivity index (χ0n) is 16.4. The van der Waals surface area contributed by atoms with Crippen molar-refractivity contribution in [3.05, 3.63) is 144 Å². The van der Waals surface area contributed by atoms with Crippen LogP contribution in [0.3, 0.4) is 0 Å². The van der Waals surface area contributed by atoms with E-state index in [1.54, 1.807) is 11.9 Å². The van der Waals surface area contributed by atoms with Gasteiger partial charge in [-0.2, -0.15) is 0 Å². The van der Waals surface area contributed by atoms with E-state index in [1.807, 2.05) is 6.07 Å². The number of nitrogens with zero attached hydrogens (tertiary/aromatic N) is 1. The summed E-state index contributed by atoms with van der Waals surface area (Å²) in [7, 11) is 0. The third kappa shape index (κ3) is 4.03. The van der Waals surface area contributed by atoms with Crippen LogP contribution in [0.5, 0.6) is 0 Å². The Bertz CT molecular complexity index is 962. The van der Waals surface area contributed by atoms with Gasteiger partial charge in [-0.1, -0.05) is 121 Å². The third-order valence-corrected chi connectivity index (χ3v) is 6.40. The maximum atomic E-state index is 5.03. The summed E-state index contributed by atoms with van der Waals surface area (Å²) in [6.07, 6.45) is 0. The summed E-state index contributed by atoms with van der Waals surface area (Å²) >= 11 is 1.62. The van der Waals surface area contributed by atoms with Crippen molar-refractivity contribution in [1.82, 2.24) is 0 Å². The largest absolute Gasteiger partial charge is 0.219 e. The first kappa shape index (κ1) is 19.2. The van der Waals surface area contributed by atoms with Crippen molar-refractivity contribution < 1.29 is 0 Å². The summed E-state index contributed by atoms with van der Waals surface area (Å²) in [5.74, 6) is 0. The SMILES string of the molecule is CC(=NSC(c1ccccc1)(c1ccccc1)c1ccccc1)c1ccccc1. The molecule has 0 bridgehead atoms. The van der Waals surface area contributed by atoms with E-state index in [9.17, 15) is 0 Å². The normalized spacial score (nSPS) is 12.0. The molecular weight excluding hydrogens is 370 g/mol. The maximum absolute atomic E-state index is 5.03. The van der Waals surface area contributed by atoms with Crippen molar-refractivity contribution in [2.75, 3.05) is 0 Å².